The summed E-state index contributed by atoms with van der Waals surface area (Å²) < 4.78 is 41.6. The van der Waals surface area contributed by atoms with Gasteiger partial charge in [-0.2, -0.15) is 0 Å². The minimum absolute atomic E-state index is 0.186. The van der Waals surface area contributed by atoms with Gasteiger partial charge in [-0.1, -0.05) is 200 Å². The van der Waals surface area contributed by atoms with Gasteiger partial charge >= 0.3 is 0 Å². The van der Waals surface area contributed by atoms with Gasteiger partial charge in [0.05, 0.1) is 18.0 Å². The van der Waals surface area contributed by atoms with Crippen molar-refractivity contribution in [1.29, 1.82) is 0 Å². The van der Waals surface area contributed by atoms with E-state index in [1.54, 1.807) is 0 Å². The highest BCUT2D eigenvalue weighted by Crippen LogP contribution is 2.63. The third-order valence-corrected chi connectivity index (χ3v) is 12.6. The van der Waals surface area contributed by atoms with E-state index in [-0.39, 0.29) is 29.7 Å². The van der Waals surface area contributed by atoms with Crippen molar-refractivity contribution in [2.75, 3.05) is 4.90 Å². The molecule has 1 nitrogen and oxygen atoms in total. The second-order valence-corrected chi connectivity index (χ2v) is 15.6. The van der Waals surface area contributed by atoms with Crippen molar-refractivity contribution in [2.45, 2.75) is 5.41 Å². The first kappa shape index (κ1) is 29.5. The standard InChI is InChI=1S/C59H39N/c1-3-15-40(16-4-1)41-31-34-46(35-32-41)60(45-17-5-2-6-18-45)58-38-37-47(48-19-7-8-23-53(48)58)43-29-27-42(28-30-43)44-33-36-52-51-22-11-14-26-56(51)59(57(52)39-44)54-24-12-9-20-49(54)50-21-10-13-25-55(50)59/h1-39H/i1D,3D,4D,15D,16D. The fraction of sp³-hybridized carbons (Fsp3) is 0.0169. The van der Waals surface area contributed by atoms with E-state index >= 15 is 0 Å². The average molecular weight is 767 g/mol. The third kappa shape index (κ3) is 5.13. The quantitative estimate of drug-likeness (QED) is 0.163. The average Bonchev–Trinajstić information content (AvgIpc) is 3.83. The molecule has 12 rings (SSSR count). The van der Waals surface area contributed by atoms with Gasteiger partial charge in [0.15, 0.2) is 0 Å². The highest BCUT2D eigenvalue weighted by Gasteiger charge is 2.51. The lowest BCUT2D eigenvalue weighted by molar-refractivity contribution is 0.794. The molecule has 10 aromatic rings. The Balaban J connectivity index is 0.934. The van der Waals surface area contributed by atoms with Crippen molar-refractivity contribution in [1.82, 2.24) is 0 Å². The SMILES string of the molecule is [2H]c1c([2H])c([2H])c(-c2ccc(N(c3ccccc3)c3ccc(-c4ccc(-c5ccc6c(c5)C5(c7ccccc7-c7ccccc75)c5ccccc5-6)cc4)c4ccccc34)cc2)c([2H])c1[2H]. The normalized spacial score (nSPS) is 14.0. The first-order valence-electron chi connectivity index (χ1n) is 22.9. The summed E-state index contributed by atoms with van der Waals surface area (Å²) in [7, 11) is 0. The zero-order valence-electron chi connectivity index (χ0n) is 37.6. The van der Waals surface area contributed by atoms with Crippen molar-refractivity contribution >= 4 is 27.8 Å². The third-order valence-electron chi connectivity index (χ3n) is 12.6. The Hall–Kier alpha value is -7.74. The van der Waals surface area contributed by atoms with E-state index in [0.717, 1.165) is 44.5 Å². The van der Waals surface area contributed by atoms with Crippen molar-refractivity contribution in [3.63, 3.8) is 0 Å². The maximum atomic E-state index is 8.56. The summed E-state index contributed by atoms with van der Waals surface area (Å²) in [5.41, 5.74) is 18.3. The van der Waals surface area contributed by atoms with Crippen LogP contribution in [-0.4, -0.2) is 0 Å². The maximum Gasteiger partial charge on any atom is 0.0725 e. The molecule has 10 aromatic carbocycles. The molecule has 0 aliphatic heterocycles. The van der Waals surface area contributed by atoms with Gasteiger partial charge in [0, 0.05) is 16.8 Å². The van der Waals surface area contributed by atoms with Crippen LogP contribution in [0.15, 0.2) is 236 Å². The molecular weight excluding hydrogens is 723 g/mol. The highest BCUT2D eigenvalue weighted by molar-refractivity contribution is 6.06. The van der Waals surface area contributed by atoms with Crippen LogP contribution in [0.3, 0.4) is 0 Å². The molecule has 0 saturated carbocycles. The van der Waals surface area contributed by atoms with Crippen molar-refractivity contribution in [3.05, 3.63) is 259 Å². The van der Waals surface area contributed by atoms with Gasteiger partial charge in [0.2, 0.25) is 0 Å². The zero-order valence-corrected chi connectivity index (χ0v) is 32.6. The van der Waals surface area contributed by atoms with Gasteiger partial charge in [-0.3, -0.25) is 0 Å². The Morgan fingerprint density at radius 2 is 0.783 bits per heavy atom. The number of benzene rings is 10. The lowest BCUT2D eigenvalue weighted by Crippen LogP contribution is -2.25. The molecule has 0 heterocycles. The number of rotatable bonds is 6. The fourth-order valence-electron chi connectivity index (χ4n) is 10.0. The van der Waals surface area contributed by atoms with E-state index in [9.17, 15) is 0 Å². The van der Waals surface area contributed by atoms with Crippen LogP contribution in [0.1, 0.15) is 29.1 Å². The summed E-state index contributed by atoms with van der Waals surface area (Å²) in [4.78, 5) is 2.21. The van der Waals surface area contributed by atoms with Gasteiger partial charge in [-0.25, -0.2) is 0 Å². The summed E-state index contributed by atoms with van der Waals surface area (Å²) in [6, 6.07) is 71.9. The minimum atomic E-state index is -0.400. The number of para-hydroxylation sites is 1. The second kappa shape index (κ2) is 13.7. The smallest absolute Gasteiger partial charge is 0.0725 e. The van der Waals surface area contributed by atoms with Crippen molar-refractivity contribution < 1.29 is 6.85 Å². The molecule has 1 spiro atoms. The minimum Gasteiger partial charge on any atom is -0.310 e. The summed E-state index contributed by atoms with van der Waals surface area (Å²) in [5, 5.41) is 2.19. The predicted molar refractivity (Wildman–Crippen MR) is 251 cm³/mol. The molecule has 0 aromatic heterocycles. The van der Waals surface area contributed by atoms with Gasteiger partial charge in [-0.15, -0.1) is 0 Å². The molecule has 0 atom stereocenters. The molecule has 280 valence electrons. The van der Waals surface area contributed by atoms with Crippen LogP contribution >= 0.6 is 0 Å². The van der Waals surface area contributed by atoms with E-state index in [0.29, 0.717) is 5.56 Å². The molecule has 1 heteroatoms. The van der Waals surface area contributed by atoms with E-state index in [2.05, 4.69) is 169 Å². The summed E-state index contributed by atoms with van der Waals surface area (Å²) >= 11 is 0. The Morgan fingerprint density at radius 3 is 1.43 bits per heavy atom. The first-order chi connectivity index (χ1) is 31.8. The van der Waals surface area contributed by atoms with Crippen LogP contribution < -0.4 is 4.90 Å². The van der Waals surface area contributed by atoms with Crippen LogP contribution in [-0.2, 0) is 5.41 Å². The number of hydrogen-bond acceptors (Lipinski definition) is 1. The van der Waals surface area contributed by atoms with E-state index in [4.69, 9.17) is 6.85 Å². The Morgan fingerprint density at radius 1 is 0.317 bits per heavy atom. The second-order valence-electron chi connectivity index (χ2n) is 15.6. The number of nitrogens with zero attached hydrogens (tertiary/aromatic N) is 1. The summed E-state index contributed by atoms with van der Waals surface area (Å²) in [6.07, 6.45) is 0. The highest BCUT2D eigenvalue weighted by atomic mass is 15.1. The largest absolute Gasteiger partial charge is 0.310 e. The summed E-state index contributed by atoms with van der Waals surface area (Å²) in [5.74, 6) is 0. The van der Waals surface area contributed by atoms with Gasteiger partial charge in [0.1, 0.15) is 0 Å². The maximum absolute atomic E-state index is 8.56. The number of fused-ring (bicyclic) bond motifs is 11. The van der Waals surface area contributed by atoms with E-state index in [1.807, 2.05) is 42.5 Å². The molecule has 60 heavy (non-hydrogen) atoms. The van der Waals surface area contributed by atoms with Gasteiger partial charge in [-0.05, 0) is 120 Å². The van der Waals surface area contributed by atoms with Crippen LogP contribution in [0.4, 0.5) is 17.1 Å². The molecule has 0 saturated heterocycles. The Bertz CT molecular complexity index is 3450. The molecule has 0 unspecified atom stereocenters. The molecule has 2 aliphatic carbocycles. The van der Waals surface area contributed by atoms with Crippen LogP contribution in [0, 0.1) is 0 Å². The Kier molecular flexibility index (Phi) is 6.72. The molecule has 0 N–H and O–H groups in total. The Labute approximate surface area is 358 Å². The number of hydrogen-bond donors (Lipinski definition) is 0. The molecule has 0 radical (unpaired) electrons. The molecule has 2 aliphatic rings. The van der Waals surface area contributed by atoms with E-state index in [1.165, 1.54) is 50.1 Å². The van der Waals surface area contributed by atoms with Crippen LogP contribution in [0.2, 0.25) is 0 Å². The van der Waals surface area contributed by atoms with Crippen LogP contribution in [0.5, 0.6) is 0 Å². The fourth-order valence-corrected chi connectivity index (χ4v) is 10.0. The van der Waals surface area contributed by atoms with Gasteiger partial charge in [0.25, 0.3) is 0 Å². The monoisotopic (exact) mass is 766 g/mol. The van der Waals surface area contributed by atoms with E-state index < -0.39 is 11.5 Å². The topological polar surface area (TPSA) is 3.24 Å². The van der Waals surface area contributed by atoms with Gasteiger partial charge < -0.3 is 4.90 Å². The lowest BCUT2D eigenvalue weighted by atomic mass is 9.70. The van der Waals surface area contributed by atoms with Crippen LogP contribution in [0.25, 0.3) is 66.4 Å². The molecule has 0 amide bonds. The van der Waals surface area contributed by atoms with Crippen molar-refractivity contribution in [3.8, 4) is 55.6 Å². The van der Waals surface area contributed by atoms with Crippen molar-refractivity contribution in [2.24, 2.45) is 0 Å². The zero-order chi connectivity index (χ0) is 44.0. The first-order valence-corrected chi connectivity index (χ1v) is 20.4. The summed E-state index contributed by atoms with van der Waals surface area (Å²) in [6.45, 7) is 0. The predicted octanol–water partition coefficient (Wildman–Crippen LogP) is 15.7. The molecule has 0 fully saturated rings. The molecular formula is C59H39N. The molecule has 0 bridgehead atoms. The number of anilines is 3. The lowest BCUT2D eigenvalue weighted by Gasteiger charge is -2.30.